The van der Waals surface area contributed by atoms with Crippen molar-refractivity contribution < 1.29 is 13.9 Å². The van der Waals surface area contributed by atoms with E-state index >= 15 is 0 Å². The van der Waals surface area contributed by atoms with E-state index in [-0.39, 0.29) is 0 Å². The Kier molecular flexibility index (Phi) is 4.68. The molecule has 0 saturated carbocycles. The average molecular weight is 431 g/mol. The van der Waals surface area contributed by atoms with Gasteiger partial charge in [0.05, 0.1) is 29.4 Å². The van der Waals surface area contributed by atoms with Crippen LogP contribution in [0.4, 0.5) is 0 Å². The highest BCUT2D eigenvalue weighted by molar-refractivity contribution is 6.32. The number of hydrogen-bond donors (Lipinski definition) is 1. The maximum absolute atomic E-state index is 12.2. The first kappa shape index (κ1) is 19.3. The topological polar surface area (TPSA) is 70.4 Å². The number of aromatic nitrogens is 1. The molecule has 154 valence electrons. The third-order valence-corrected chi connectivity index (χ3v) is 5.81. The van der Waals surface area contributed by atoms with Gasteiger partial charge in [0.1, 0.15) is 11.5 Å². The molecular weight excluding hydrogens is 412 g/mol. The number of nitrogens with two attached hydrogens (primary N) is 1. The number of furan rings is 1. The molecule has 0 aliphatic carbocycles. The van der Waals surface area contributed by atoms with Gasteiger partial charge in [0.2, 0.25) is 5.91 Å². The van der Waals surface area contributed by atoms with Gasteiger partial charge in [-0.05, 0) is 48.0 Å². The van der Waals surface area contributed by atoms with E-state index in [1.54, 1.807) is 19.4 Å². The molecule has 31 heavy (non-hydrogen) atoms. The van der Waals surface area contributed by atoms with Crippen LogP contribution in [0, 0.1) is 0 Å². The number of nitrogens with zero attached hydrogens (tertiary/aromatic N) is 1. The van der Waals surface area contributed by atoms with E-state index in [0.717, 1.165) is 38.7 Å². The van der Waals surface area contributed by atoms with E-state index in [9.17, 15) is 4.79 Å². The highest BCUT2D eigenvalue weighted by atomic mass is 35.5. The number of benzene rings is 3. The van der Waals surface area contributed by atoms with Crippen molar-refractivity contribution in [1.82, 2.24) is 4.57 Å². The molecule has 2 N–H and O–H groups in total. The Morgan fingerprint density at radius 3 is 2.65 bits per heavy atom. The van der Waals surface area contributed by atoms with Crippen LogP contribution >= 0.6 is 11.6 Å². The van der Waals surface area contributed by atoms with Crippen molar-refractivity contribution in [3.63, 3.8) is 0 Å². The van der Waals surface area contributed by atoms with Crippen molar-refractivity contribution >= 4 is 39.3 Å². The molecule has 5 rings (SSSR count). The van der Waals surface area contributed by atoms with Crippen molar-refractivity contribution in [2.75, 3.05) is 7.11 Å². The van der Waals surface area contributed by atoms with Gasteiger partial charge in [-0.1, -0.05) is 35.9 Å². The summed E-state index contributed by atoms with van der Waals surface area (Å²) in [7, 11) is 1.59. The molecule has 5 nitrogen and oxygen atoms in total. The monoisotopic (exact) mass is 430 g/mol. The molecule has 3 aromatic carbocycles. The molecule has 6 heteroatoms. The lowest BCUT2D eigenvalue weighted by Crippen LogP contribution is -2.11. The molecule has 2 aromatic heterocycles. The molecule has 1 amide bonds. The number of amides is 1. The van der Waals surface area contributed by atoms with Gasteiger partial charge in [-0.25, -0.2) is 0 Å². The van der Waals surface area contributed by atoms with Crippen LogP contribution in [0.1, 0.15) is 15.9 Å². The standard InChI is InChI=1S/C25H19ClN2O3/c1-30-23-10-7-15(12-19(23)26)14-28-20-5-2-4-18(25(27)29)24(20)17-9-8-16(13-21(17)28)22-6-3-11-31-22/h2-13H,14H2,1H3,(H2,27,29). The minimum Gasteiger partial charge on any atom is -0.495 e. The highest BCUT2D eigenvalue weighted by Gasteiger charge is 2.18. The second kappa shape index (κ2) is 7.52. The zero-order chi connectivity index (χ0) is 21.5. The van der Waals surface area contributed by atoms with Crippen LogP contribution in [0.3, 0.4) is 0 Å². The summed E-state index contributed by atoms with van der Waals surface area (Å²) in [4.78, 5) is 12.2. The summed E-state index contributed by atoms with van der Waals surface area (Å²) in [5.74, 6) is 0.956. The Bertz CT molecular complexity index is 1430. The number of carbonyl (C=O) groups excluding carboxylic acids is 1. The number of rotatable bonds is 5. The molecule has 0 bridgehead atoms. The van der Waals surface area contributed by atoms with Crippen molar-refractivity contribution in [2.24, 2.45) is 5.73 Å². The van der Waals surface area contributed by atoms with Crippen molar-refractivity contribution in [3.05, 3.63) is 89.1 Å². The largest absolute Gasteiger partial charge is 0.495 e. The molecule has 0 aliphatic rings. The predicted octanol–water partition coefficient (Wildman–Crippen LogP) is 5.86. The molecule has 0 saturated heterocycles. The molecule has 0 atom stereocenters. The van der Waals surface area contributed by atoms with Gasteiger partial charge < -0.3 is 19.5 Å². The minimum absolute atomic E-state index is 0.452. The first-order chi connectivity index (χ1) is 15.1. The second-order valence-electron chi connectivity index (χ2n) is 7.33. The van der Waals surface area contributed by atoms with Crippen LogP contribution in [-0.2, 0) is 6.54 Å². The van der Waals surface area contributed by atoms with Crippen LogP contribution in [0.15, 0.2) is 77.4 Å². The van der Waals surface area contributed by atoms with Gasteiger partial charge in [-0.3, -0.25) is 4.79 Å². The average Bonchev–Trinajstić information content (AvgIpc) is 3.41. The number of hydrogen-bond acceptors (Lipinski definition) is 3. The number of ether oxygens (including phenoxy) is 1. The molecule has 2 heterocycles. The Labute approximate surface area is 183 Å². The highest BCUT2D eigenvalue weighted by Crippen LogP contribution is 2.35. The summed E-state index contributed by atoms with van der Waals surface area (Å²) in [6.45, 7) is 0.563. The summed E-state index contributed by atoms with van der Waals surface area (Å²) in [5, 5.41) is 2.35. The lowest BCUT2D eigenvalue weighted by Gasteiger charge is -2.10. The number of halogens is 1. The minimum atomic E-state index is -0.452. The summed E-state index contributed by atoms with van der Waals surface area (Å²) in [6.07, 6.45) is 1.65. The van der Waals surface area contributed by atoms with Crippen LogP contribution in [-0.4, -0.2) is 17.6 Å². The fourth-order valence-corrected chi connectivity index (χ4v) is 4.39. The molecule has 0 radical (unpaired) electrons. The number of fused-ring (bicyclic) bond motifs is 3. The fraction of sp³-hybridized carbons (Fsp3) is 0.0800. The van der Waals surface area contributed by atoms with E-state index in [2.05, 4.69) is 10.6 Å². The predicted molar refractivity (Wildman–Crippen MR) is 123 cm³/mol. The SMILES string of the molecule is COc1ccc(Cn2c3cc(-c4ccco4)ccc3c3c(C(N)=O)cccc32)cc1Cl. The Balaban J connectivity index is 1.77. The number of methoxy groups -OCH3 is 1. The van der Waals surface area contributed by atoms with E-state index in [1.165, 1.54) is 0 Å². The van der Waals surface area contributed by atoms with Crippen LogP contribution < -0.4 is 10.5 Å². The van der Waals surface area contributed by atoms with E-state index in [4.69, 9.17) is 26.5 Å². The lowest BCUT2D eigenvalue weighted by atomic mass is 10.0. The quantitative estimate of drug-likeness (QED) is 0.379. The first-order valence-corrected chi connectivity index (χ1v) is 10.2. The van der Waals surface area contributed by atoms with Gasteiger partial charge in [0, 0.05) is 28.4 Å². The Morgan fingerprint density at radius 1 is 1.06 bits per heavy atom. The summed E-state index contributed by atoms with van der Waals surface area (Å²) in [5.41, 5.74) is 10.1. The Hall–Kier alpha value is -3.70. The van der Waals surface area contributed by atoms with Crippen LogP contribution in [0.2, 0.25) is 5.02 Å². The first-order valence-electron chi connectivity index (χ1n) is 9.78. The van der Waals surface area contributed by atoms with Crippen molar-refractivity contribution in [1.29, 1.82) is 0 Å². The van der Waals surface area contributed by atoms with Gasteiger partial charge in [-0.2, -0.15) is 0 Å². The normalized spacial score (nSPS) is 11.3. The number of primary amides is 1. The molecule has 5 aromatic rings. The smallest absolute Gasteiger partial charge is 0.249 e. The van der Waals surface area contributed by atoms with Gasteiger partial charge in [0.25, 0.3) is 0 Å². The molecule has 0 aliphatic heterocycles. The van der Waals surface area contributed by atoms with Crippen LogP contribution in [0.5, 0.6) is 5.75 Å². The van der Waals surface area contributed by atoms with Gasteiger partial charge in [0.15, 0.2) is 0 Å². The molecule has 0 unspecified atom stereocenters. The maximum atomic E-state index is 12.2. The lowest BCUT2D eigenvalue weighted by molar-refractivity contribution is 0.100. The summed E-state index contributed by atoms with van der Waals surface area (Å²) in [6, 6.07) is 21.2. The van der Waals surface area contributed by atoms with Gasteiger partial charge in [-0.15, -0.1) is 0 Å². The van der Waals surface area contributed by atoms with Gasteiger partial charge >= 0.3 is 0 Å². The third kappa shape index (κ3) is 3.23. The third-order valence-electron chi connectivity index (χ3n) is 5.52. The maximum Gasteiger partial charge on any atom is 0.249 e. The summed E-state index contributed by atoms with van der Waals surface area (Å²) < 4.78 is 13.0. The summed E-state index contributed by atoms with van der Waals surface area (Å²) >= 11 is 6.36. The zero-order valence-corrected chi connectivity index (χ0v) is 17.5. The van der Waals surface area contributed by atoms with E-state index < -0.39 is 5.91 Å². The van der Waals surface area contributed by atoms with Crippen LogP contribution in [0.25, 0.3) is 33.1 Å². The zero-order valence-electron chi connectivity index (χ0n) is 16.8. The Morgan fingerprint density at radius 2 is 1.94 bits per heavy atom. The number of carbonyl (C=O) groups is 1. The van der Waals surface area contributed by atoms with E-state index in [1.807, 2.05) is 54.6 Å². The van der Waals surface area contributed by atoms with Crippen molar-refractivity contribution in [3.8, 4) is 17.1 Å². The van der Waals surface area contributed by atoms with E-state index in [0.29, 0.717) is 22.9 Å². The molecule has 0 spiro atoms. The molecule has 0 fully saturated rings. The van der Waals surface area contributed by atoms with Crippen molar-refractivity contribution in [2.45, 2.75) is 6.54 Å². The fourth-order valence-electron chi connectivity index (χ4n) is 4.11. The molecular formula is C25H19ClN2O3. The second-order valence-corrected chi connectivity index (χ2v) is 7.74.